The van der Waals surface area contributed by atoms with Gasteiger partial charge in [-0.15, -0.1) is 11.3 Å². The second-order valence-electron chi connectivity index (χ2n) is 4.92. The third-order valence-corrected chi connectivity index (χ3v) is 4.11. The van der Waals surface area contributed by atoms with Gasteiger partial charge in [0.15, 0.2) is 5.78 Å². The Labute approximate surface area is 133 Å². The number of ketones is 1. The van der Waals surface area contributed by atoms with Gasteiger partial charge in [0.05, 0.1) is 20.1 Å². The third-order valence-electron chi connectivity index (χ3n) is 3.14. The van der Waals surface area contributed by atoms with Crippen molar-refractivity contribution in [1.82, 2.24) is 10.3 Å². The van der Waals surface area contributed by atoms with Gasteiger partial charge in [-0.25, -0.2) is 4.98 Å². The molecular weight excluding hydrogens is 300 g/mol. The number of amides is 1. The number of benzene rings is 1. The average Bonchev–Trinajstić information content (AvgIpc) is 2.90. The maximum atomic E-state index is 12.1. The van der Waals surface area contributed by atoms with Crippen LogP contribution in [0.3, 0.4) is 0 Å². The number of ether oxygens (including phenoxy) is 1. The van der Waals surface area contributed by atoms with Gasteiger partial charge in [-0.05, 0) is 32.0 Å². The largest absolute Gasteiger partial charge is 0.496 e. The van der Waals surface area contributed by atoms with Gasteiger partial charge in [0, 0.05) is 22.2 Å². The van der Waals surface area contributed by atoms with E-state index >= 15 is 0 Å². The topological polar surface area (TPSA) is 68.3 Å². The van der Waals surface area contributed by atoms with E-state index in [1.54, 1.807) is 25.3 Å². The first-order valence-corrected chi connectivity index (χ1v) is 7.73. The molecule has 0 aliphatic heterocycles. The van der Waals surface area contributed by atoms with Crippen LogP contribution in [0.2, 0.25) is 0 Å². The van der Waals surface area contributed by atoms with Crippen molar-refractivity contribution in [2.45, 2.75) is 26.8 Å². The molecule has 2 rings (SSSR count). The number of nitrogens with one attached hydrogen (secondary N) is 1. The van der Waals surface area contributed by atoms with Crippen molar-refractivity contribution in [2.24, 2.45) is 0 Å². The Kier molecular flexibility index (Phi) is 5.27. The lowest BCUT2D eigenvalue weighted by Crippen LogP contribution is -2.24. The van der Waals surface area contributed by atoms with E-state index in [9.17, 15) is 9.59 Å². The Hall–Kier alpha value is -2.21. The molecule has 6 heteroatoms. The second-order valence-corrected chi connectivity index (χ2v) is 5.86. The predicted molar refractivity (Wildman–Crippen MR) is 85.4 cm³/mol. The van der Waals surface area contributed by atoms with Crippen LogP contribution in [0.25, 0.3) is 0 Å². The summed E-state index contributed by atoms with van der Waals surface area (Å²) in [5.74, 6) is 0.430. The Balaban J connectivity index is 2.03. The van der Waals surface area contributed by atoms with Crippen LogP contribution in [0.1, 0.15) is 33.5 Å². The number of rotatable bonds is 6. The van der Waals surface area contributed by atoms with Crippen molar-refractivity contribution < 1.29 is 14.3 Å². The van der Waals surface area contributed by atoms with Gasteiger partial charge in [0.2, 0.25) is 5.91 Å². The summed E-state index contributed by atoms with van der Waals surface area (Å²) in [5, 5.41) is 5.65. The minimum absolute atomic E-state index is 0.0393. The van der Waals surface area contributed by atoms with Crippen molar-refractivity contribution >= 4 is 23.0 Å². The van der Waals surface area contributed by atoms with Crippen LogP contribution in [0.5, 0.6) is 5.75 Å². The van der Waals surface area contributed by atoms with Crippen LogP contribution in [-0.4, -0.2) is 23.8 Å². The molecule has 0 unspecified atom stereocenters. The van der Waals surface area contributed by atoms with Crippen molar-refractivity contribution in [3.05, 3.63) is 45.4 Å². The summed E-state index contributed by atoms with van der Waals surface area (Å²) in [6.45, 7) is 3.82. The van der Waals surface area contributed by atoms with Crippen molar-refractivity contribution in [1.29, 1.82) is 0 Å². The normalized spacial score (nSPS) is 10.3. The van der Waals surface area contributed by atoms with Crippen LogP contribution in [0, 0.1) is 6.92 Å². The predicted octanol–water partition coefficient (Wildman–Crippen LogP) is 2.52. The van der Waals surface area contributed by atoms with Gasteiger partial charge in [0.1, 0.15) is 10.8 Å². The second kappa shape index (κ2) is 7.17. The maximum Gasteiger partial charge on any atom is 0.224 e. The Morgan fingerprint density at radius 1 is 1.36 bits per heavy atom. The van der Waals surface area contributed by atoms with E-state index in [2.05, 4.69) is 10.3 Å². The molecule has 1 amide bonds. The smallest absolute Gasteiger partial charge is 0.224 e. The van der Waals surface area contributed by atoms with Crippen molar-refractivity contribution in [3.8, 4) is 5.75 Å². The zero-order valence-electron chi connectivity index (χ0n) is 12.8. The number of nitrogens with zero attached hydrogens (tertiary/aromatic N) is 1. The Bertz CT molecular complexity index is 694. The first-order chi connectivity index (χ1) is 10.5. The molecule has 0 bridgehead atoms. The molecule has 0 atom stereocenters. The molecule has 1 N–H and O–H groups in total. The molecule has 0 radical (unpaired) electrons. The van der Waals surface area contributed by atoms with Crippen LogP contribution in [0.15, 0.2) is 23.6 Å². The summed E-state index contributed by atoms with van der Waals surface area (Å²) in [5.41, 5.74) is 2.22. The number of hydrogen-bond acceptors (Lipinski definition) is 5. The first kappa shape index (κ1) is 16.2. The Morgan fingerprint density at radius 3 is 2.73 bits per heavy atom. The lowest BCUT2D eigenvalue weighted by atomic mass is 10.0. The highest BCUT2D eigenvalue weighted by Crippen LogP contribution is 2.21. The van der Waals surface area contributed by atoms with Gasteiger partial charge in [-0.2, -0.15) is 0 Å². The molecule has 0 aliphatic rings. The number of aryl methyl sites for hydroxylation is 1. The number of Topliss-reactive ketones (excluding diaryl/α,β-unsaturated/α-hetero) is 1. The van der Waals surface area contributed by atoms with E-state index in [1.165, 1.54) is 18.3 Å². The lowest BCUT2D eigenvalue weighted by Gasteiger charge is -2.10. The van der Waals surface area contributed by atoms with E-state index < -0.39 is 0 Å². The fraction of sp³-hybridized carbons (Fsp3) is 0.312. The molecule has 0 saturated heterocycles. The highest BCUT2D eigenvalue weighted by atomic mass is 32.1. The summed E-state index contributed by atoms with van der Waals surface area (Å²) in [6, 6.07) is 5.11. The molecule has 0 spiro atoms. The molecule has 0 aliphatic carbocycles. The van der Waals surface area contributed by atoms with E-state index in [1.807, 2.05) is 12.3 Å². The van der Waals surface area contributed by atoms with Gasteiger partial charge >= 0.3 is 0 Å². The van der Waals surface area contributed by atoms with Gasteiger partial charge in [0.25, 0.3) is 0 Å². The van der Waals surface area contributed by atoms with Crippen LogP contribution >= 0.6 is 11.3 Å². The molecular formula is C16H18N2O3S. The average molecular weight is 318 g/mol. The quantitative estimate of drug-likeness (QED) is 0.831. The van der Waals surface area contributed by atoms with Crippen molar-refractivity contribution in [3.63, 3.8) is 0 Å². The third kappa shape index (κ3) is 4.14. The molecule has 5 nitrogen and oxygen atoms in total. The molecule has 116 valence electrons. The number of carbonyl (C=O) groups excluding carboxylic acids is 2. The lowest BCUT2D eigenvalue weighted by molar-refractivity contribution is -0.120. The molecule has 1 heterocycles. The molecule has 1 aromatic heterocycles. The van der Waals surface area contributed by atoms with Gasteiger partial charge in [-0.3, -0.25) is 9.59 Å². The minimum Gasteiger partial charge on any atom is -0.496 e. The summed E-state index contributed by atoms with van der Waals surface area (Å²) >= 11 is 1.52. The number of aromatic nitrogens is 1. The Morgan fingerprint density at radius 2 is 2.14 bits per heavy atom. The standard InChI is InChI=1S/C16H18N2O3S/c1-10-9-22-16(18-10)8-17-15(20)7-13-6-12(11(2)19)4-5-14(13)21-3/h4-6,9H,7-8H2,1-3H3,(H,17,20). The fourth-order valence-corrected chi connectivity index (χ4v) is 2.74. The monoisotopic (exact) mass is 318 g/mol. The van der Waals surface area contributed by atoms with E-state index in [-0.39, 0.29) is 18.1 Å². The SMILES string of the molecule is COc1ccc(C(C)=O)cc1CC(=O)NCc1nc(C)cs1. The zero-order valence-corrected chi connectivity index (χ0v) is 13.6. The summed E-state index contributed by atoms with van der Waals surface area (Å²) in [4.78, 5) is 27.8. The fourth-order valence-electron chi connectivity index (χ4n) is 2.03. The molecule has 0 saturated carbocycles. The molecule has 2 aromatic rings. The minimum atomic E-state index is -0.133. The maximum absolute atomic E-state index is 12.1. The summed E-state index contributed by atoms with van der Waals surface area (Å²) < 4.78 is 5.25. The van der Waals surface area contributed by atoms with Gasteiger partial charge < -0.3 is 10.1 Å². The number of hydrogen-bond donors (Lipinski definition) is 1. The number of thiazole rings is 1. The summed E-state index contributed by atoms with van der Waals surface area (Å²) in [6.07, 6.45) is 0.161. The van der Waals surface area contributed by atoms with Crippen LogP contribution in [-0.2, 0) is 17.8 Å². The zero-order chi connectivity index (χ0) is 16.1. The number of carbonyl (C=O) groups is 2. The van der Waals surface area contributed by atoms with E-state index in [4.69, 9.17) is 4.74 Å². The van der Waals surface area contributed by atoms with E-state index in [0.29, 0.717) is 23.4 Å². The van der Waals surface area contributed by atoms with Gasteiger partial charge in [-0.1, -0.05) is 0 Å². The highest BCUT2D eigenvalue weighted by Gasteiger charge is 2.12. The highest BCUT2D eigenvalue weighted by molar-refractivity contribution is 7.09. The molecule has 1 aromatic carbocycles. The summed E-state index contributed by atoms with van der Waals surface area (Å²) in [7, 11) is 1.54. The van der Waals surface area contributed by atoms with E-state index in [0.717, 1.165) is 10.7 Å². The first-order valence-electron chi connectivity index (χ1n) is 6.85. The van der Waals surface area contributed by atoms with Crippen molar-refractivity contribution in [2.75, 3.05) is 7.11 Å². The number of methoxy groups -OCH3 is 1. The van der Waals surface area contributed by atoms with Crippen LogP contribution in [0.4, 0.5) is 0 Å². The van der Waals surface area contributed by atoms with Crippen LogP contribution < -0.4 is 10.1 Å². The molecule has 22 heavy (non-hydrogen) atoms. The molecule has 0 fully saturated rings.